The van der Waals surface area contributed by atoms with Crippen molar-refractivity contribution < 1.29 is 0 Å². The van der Waals surface area contributed by atoms with Gasteiger partial charge in [0, 0.05) is 55.0 Å². The normalized spacial score (nSPS) is 18.8. The molecule has 106 valence electrons. The summed E-state index contributed by atoms with van der Waals surface area (Å²) in [5.74, 6) is 0. The minimum Gasteiger partial charge on any atom is -0.296 e. The number of hydrogen-bond acceptors (Lipinski definition) is 3. The molecule has 2 heterocycles. The third-order valence-electron chi connectivity index (χ3n) is 3.61. The van der Waals surface area contributed by atoms with Crippen LogP contribution in [-0.4, -0.2) is 46.5 Å². The van der Waals surface area contributed by atoms with Crippen LogP contribution in [0.25, 0.3) is 0 Å². The molecule has 3 nitrogen and oxygen atoms in total. The van der Waals surface area contributed by atoms with Gasteiger partial charge >= 0.3 is 0 Å². The van der Waals surface area contributed by atoms with Gasteiger partial charge < -0.3 is 0 Å². The van der Waals surface area contributed by atoms with E-state index in [2.05, 4.69) is 35.6 Å². The standard InChI is InChI=1S/C14H21Cl2N3/c1-14(2,3)19-6-4-18(5-7-19)10-11-9-17-13(16)8-12(11)15/h8-9H,4-7,10H2,1-3H3. The Hall–Kier alpha value is -0.350. The number of piperazine rings is 1. The van der Waals surface area contributed by atoms with Gasteiger partial charge in [-0.05, 0) is 26.8 Å². The Morgan fingerprint density at radius 1 is 1.16 bits per heavy atom. The number of pyridine rings is 1. The predicted octanol–water partition coefficient (Wildman–Crippen LogP) is 3.30. The van der Waals surface area contributed by atoms with E-state index in [0.717, 1.165) is 38.3 Å². The van der Waals surface area contributed by atoms with Gasteiger partial charge in [-0.1, -0.05) is 23.2 Å². The molecular formula is C14H21Cl2N3. The number of hydrogen-bond donors (Lipinski definition) is 0. The summed E-state index contributed by atoms with van der Waals surface area (Å²) in [7, 11) is 0. The summed E-state index contributed by atoms with van der Waals surface area (Å²) in [6.45, 7) is 12.0. The Labute approximate surface area is 125 Å². The maximum atomic E-state index is 6.19. The molecule has 1 fully saturated rings. The van der Waals surface area contributed by atoms with Crippen LogP contribution in [0.1, 0.15) is 26.3 Å². The zero-order chi connectivity index (χ0) is 14.0. The molecule has 0 bridgehead atoms. The van der Waals surface area contributed by atoms with Crippen molar-refractivity contribution in [3.05, 3.63) is 28.0 Å². The van der Waals surface area contributed by atoms with Gasteiger partial charge in [0.2, 0.25) is 0 Å². The SMILES string of the molecule is CC(C)(C)N1CCN(Cc2cnc(Cl)cc2Cl)CC1. The summed E-state index contributed by atoms with van der Waals surface area (Å²) in [6.07, 6.45) is 1.78. The molecule has 0 N–H and O–H groups in total. The quantitative estimate of drug-likeness (QED) is 0.781. The Morgan fingerprint density at radius 2 is 1.79 bits per heavy atom. The molecule has 0 spiro atoms. The minimum atomic E-state index is 0.256. The van der Waals surface area contributed by atoms with Gasteiger partial charge in [0.1, 0.15) is 5.15 Å². The first-order valence-corrected chi connectivity index (χ1v) is 7.39. The minimum absolute atomic E-state index is 0.256. The fraction of sp³-hybridized carbons (Fsp3) is 0.643. The smallest absolute Gasteiger partial charge is 0.130 e. The average molecular weight is 302 g/mol. The van der Waals surface area contributed by atoms with Gasteiger partial charge in [0.25, 0.3) is 0 Å². The molecule has 0 amide bonds. The third kappa shape index (κ3) is 4.06. The van der Waals surface area contributed by atoms with E-state index in [-0.39, 0.29) is 5.54 Å². The number of nitrogens with zero attached hydrogens (tertiary/aromatic N) is 3. The van der Waals surface area contributed by atoms with E-state index in [9.17, 15) is 0 Å². The summed E-state index contributed by atoms with van der Waals surface area (Å²) < 4.78 is 0. The fourth-order valence-electron chi connectivity index (χ4n) is 2.37. The lowest BCUT2D eigenvalue weighted by atomic mass is 10.0. The number of aromatic nitrogens is 1. The van der Waals surface area contributed by atoms with E-state index in [1.165, 1.54) is 0 Å². The molecule has 1 aromatic rings. The van der Waals surface area contributed by atoms with Gasteiger partial charge in [0.05, 0.1) is 0 Å². The maximum Gasteiger partial charge on any atom is 0.130 e. The second-order valence-corrected chi connectivity index (χ2v) is 6.83. The van der Waals surface area contributed by atoms with Gasteiger partial charge in [-0.25, -0.2) is 4.98 Å². The van der Waals surface area contributed by atoms with Crippen molar-refractivity contribution in [2.75, 3.05) is 26.2 Å². The molecule has 0 atom stereocenters. The van der Waals surface area contributed by atoms with Crippen molar-refractivity contribution in [3.8, 4) is 0 Å². The summed E-state index contributed by atoms with van der Waals surface area (Å²) in [4.78, 5) is 9.04. The topological polar surface area (TPSA) is 19.4 Å². The van der Waals surface area contributed by atoms with Crippen LogP contribution >= 0.6 is 23.2 Å². The first-order chi connectivity index (χ1) is 8.86. The molecule has 19 heavy (non-hydrogen) atoms. The highest BCUT2D eigenvalue weighted by Crippen LogP contribution is 2.22. The van der Waals surface area contributed by atoms with Gasteiger partial charge in [0.15, 0.2) is 0 Å². The molecular weight excluding hydrogens is 281 g/mol. The van der Waals surface area contributed by atoms with E-state index in [1.807, 2.05) is 0 Å². The van der Waals surface area contributed by atoms with Crippen LogP contribution in [0.2, 0.25) is 10.2 Å². The van der Waals surface area contributed by atoms with Crippen LogP contribution in [0, 0.1) is 0 Å². The average Bonchev–Trinajstić information content (AvgIpc) is 2.32. The van der Waals surface area contributed by atoms with Crippen LogP contribution in [0.3, 0.4) is 0 Å². The maximum absolute atomic E-state index is 6.19. The molecule has 0 aliphatic carbocycles. The Morgan fingerprint density at radius 3 is 2.32 bits per heavy atom. The van der Waals surface area contributed by atoms with E-state index >= 15 is 0 Å². The monoisotopic (exact) mass is 301 g/mol. The lowest BCUT2D eigenvalue weighted by Gasteiger charge is -2.42. The molecule has 0 radical (unpaired) electrons. The molecule has 1 aromatic heterocycles. The van der Waals surface area contributed by atoms with Crippen molar-refractivity contribution in [1.82, 2.24) is 14.8 Å². The fourth-order valence-corrected chi connectivity index (χ4v) is 2.80. The zero-order valence-corrected chi connectivity index (χ0v) is 13.3. The molecule has 5 heteroatoms. The molecule has 2 rings (SSSR count). The predicted molar refractivity (Wildman–Crippen MR) is 80.9 cm³/mol. The van der Waals surface area contributed by atoms with Crippen LogP contribution in [0.5, 0.6) is 0 Å². The second kappa shape index (κ2) is 5.96. The molecule has 1 aliphatic rings. The van der Waals surface area contributed by atoms with E-state index in [1.54, 1.807) is 12.3 Å². The van der Waals surface area contributed by atoms with Crippen LogP contribution in [0.15, 0.2) is 12.3 Å². The van der Waals surface area contributed by atoms with Crippen molar-refractivity contribution in [3.63, 3.8) is 0 Å². The van der Waals surface area contributed by atoms with Crippen LogP contribution in [-0.2, 0) is 6.54 Å². The van der Waals surface area contributed by atoms with E-state index in [0.29, 0.717) is 10.2 Å². The Kier molecular flexibility index (Phi) is 4.72. The first kappa shape index (κ1) is 15.0. The summed E-state index contributed by atoms with van der Waals surface area (Å²) in [6, 6.07) is 1.71. The van der Waals surface area contributed by atoms with E-state index in [4.69, 9.17) is 23.2 Å². The highest BCUT2D eigenvalue weighted by atomic mass is 35.5. The highest BCUT2D eigenvalue weighted by Gasteiger charge is 2.25. The zero-order valence-electron chi connectivity index (χ0n) is 11.8. The Bertz CT molecular complexity index is 435. The number of rotatable bonds is 2. The first-order valence-electron chi connectivity index (χ1n) is 6.63. The highest BCUT2D eigenvalue weighted by molar-refractivity contribution is 6.34. The lowest BCUT2D eigenvalue weighted by Crippen LogP contribution is -2.53. The number of halogens is 2. The Balaban J connectivity index is 1.92. The van der Waals surface area contributed by atoms with Crippen LogP contribution < -0.4 is 0 Å². The van der Waals surface area contributed by atoms with Gasteiger partial charge in [-0.3, -0.25) is 9.80 Å². The third-order valence-corrected chi connectivity index (χ3v) is 4.17. The lowest BCUT2D eigenvalue weighted by molar-refractivity contribution is 0.0590. The second-order valence-electron chi connectivity index (χ2n) is 6.03. The summed E-state index contributed by atoms with van der Waals surface area (Å²) in [5, 5.41) is 1.16. The molecule has 1 aliphatic heterocycles. The van der Waals surface area contributed by atoms with Gasteiger partial charge in [-0.2, -0.15) is 0 Å². The summed E-state index contributed by atoms with van der Waals surface area (Å²) in [5.41, 5.74) is 1.31. The van der Waals surface area contributed by atoms with E-state index < -0.39 is 0 Å². The van der Waals surface area contributed by atoms with Crippen molar-refractivity contribution >= 4 is 23.2 Å². The largest absolute Gasteiger partial charge is 0.296 e. The summed E-state index contributed by atoms with van der Waals surface area (Å²) >= 11 is 12.0. The molecule has 1 saturated heterocycles. The molecule has 0 aromatic carbocycles. The molecule has 0 unspecified atom stereocenters. The van der Waals surface area contributed by atoms with Crippen molar-refractivity contribution in [2.24, 2.45) is 0 Å². The van der Waals surface area contributed by atoms with Gasteiger partial charge in [-0.15, -0.1) is 0 Å². The van der Waals surface area contributed by atoms with Crippen molar-refractivity contribution in [2.45, 2.75) is 32.9 Å². The molecule has 0 saturated carbocycles. The van der Waals surface area contributed by atoms with Crippen molar-refractivity contribution in [1.29, 1.82) is 0 Å². The van der Waals surface area contributed by atoms with Crippen LogP contribution in [0.4, 0.5) is 0 Å².